The molecule has 1 aromatic heterocycles. The number of aromatic nitrogens is 2. The van der Waals surface area contributed by atoms with Gasteiger partial charge >= 0.3 is 0 Å². The third-order valence-corrected chi connectivity index (χ3v) is 5.43. The quantitative estimate of drug-likeness (QED) is 0.802. The van der Waals surface area contributed by atoms with Gasteiger partial charge in [0.2, 0.25) is 11.9 Å². The molecule has 0 aliphatic carbocycles. The van der Waals surface area contributed by atoms with E-state index in [0.29, 0.717) is 18.6 Å². The molecule has 24 heavy (non-hydrogen) atoms. The van der Waals surface area contributed by atoms with Gasteiger partial charge in [0.1, 0.15) is 0 Å². The number of likely N-dealkylation sites (N-methyl/N-ethyl adjacent to an activating group) is 1. The lowest BCUT2D eigenvalue weighted by Gasteiger charge is -2.36. The van der Waals surface area contributed by atoms with Crippen LogP contribution in [0.1, 0.15) is 30.1 Å². The van der Waals surface area contributed by atoms with Crippen molar-refractivity contribution in [3.8, 4) is 0 Å². The maximum Gasteiger partial charge on any atom is 0.236 e. The number of hydrogen-bond donors (Lipinski definition) is 0. The van der Waals surface area contributed by atoms with Crippen molar-refractivity contribution in [1.82, 2.24) is 19.8 Å². The van der Waals surface area contributed by atoms with Gasteiger partial charge in [0, 0.05) is 57.4 Å². The highest BCUT2D eigenvalue weighted by atomic mass is 16.5. The summed E-state index contributed by atoms with van der Waals surface area (Å²) in [6.07, 6.45) is 5.14. The van der Waals surface area contributed by atoms with E-state index in [2.05, 4.69) is 14.8 Å². The van der Waals surface area contributed by atoms with E-state index < -0.39 is 0 Å². The van der Waals surface area contributed by atoms with Crippen LogP contribution in [0.25, 0.3) is 0 Å². The molecule has 2 fully saturated rings. The van der Waals surface area contributed by atoms with Crippen molar-refractivity contribution in [3.63, 3.8) is 0 Å². The van der Waals surface area contributed by atoms with Crippen LogP contribution < -0.4 is 4.90 Å². The van der Waals surface area contributed by atoms with Gasteiger partial charge in [-0.2, -0.15) is 0 Å². The van der Waals surface area contributed by atoms with E-state index in [-0.39, 0.29) is 5.91 Å². The third-order valence-electron chi connectivity index (χ3n) is 5.43. The maximum atomic E-state index is 12.1. The molecule has 2 bridgehead atoms. The van der Waals surface area contributed by atoms with Gasteiger partial charge in [-0.15, -0.1) is 0 Å². The standard InChI is InChI=1S/C17H25N5O2/c1-20(2)16(23)11-22-12-3-4-15(22)13-10-18-17(19-14(13)9-12)21-5-7-24-8-6-21/h10,12,15H,3-9,11H2,1-2H3/t12-,15-/m1/s1. The predicted molar refractivity (Wildman–Crippen MR) is 89.9 cm³/mol. The Morgan fingerprint density at radius 1 is 1.33 bits per heavy atom. The number of anilines is 1. The Kier molecular flexibility index (Phi) is 4.14. The number of carbonyl (C=O) groups excluding carboxylic acids is 1. The molecule has 3 aliphatic heterocycles. The van der Waals surface area contributed by atoms with Crippen molar-refractivity contribution >= 4 is 11.9 Å². The van der Waals surface area contributed by atoms with Crippen molar-refractivity contribution in [2.24, 2.45) is 0 Å². The van der Waals surface area contributed by atoms with E-state index in [4.69, 9.17) is 9.72 Å². The van der Waals surface area contributed by atoms with Crippen molar-refractivity contribution in [1.29, 1.82) is 0 Å². The maximum absolute atomic E-state index is 12.1. The Hall–Kier alpha value is -1.73. The average Bonchev–Trinajstić information content (AvgIpc) is 2.87. The fourth-order valence-electron chi connectivity index (χ4n) is 4.02. The molecular weight excluding hydrogens is 306 g/mol. The van der Waals surface area contributed by atoms with E-state index in [1.54, 1.807) is 4.90 Å². The molecule has 1 aromatic rings. The highest BCUT2D eigenvalue weighted by Crippen LogP contribution is 2.42. The minimum absolute atomic E-state index is 0.168. The minimum Gasteiger partial charge on any atom is -0.378 e. The summed E-state index contributed by atoms with van der Waals surface area (Å²) in [5, 5.41) is 0. The molecule has 2 saturated heterocycles. The summed E-state index contributed by atoms with van der Waals surface area (Å²) in [5.41, 5.74) is 2.39. The number of fused-ring (bicyclic) bond motifs is 4. The van der Waals surface area contributed by atoms with E-state index in [9.17, 15) is 4.79 Å². The SMILES string of the molecule is CN(C)C(=O)CN1[C@@H]2CC[C@@H]1c1cnc(N3CCOCC3)nc1C2. The number of ether oxygens (including phenoxy) is 1. The fourth-order valence-corrected chi connectivity index (χ4v) is 4.02. The summed E-state index contributed by atoms with van der Waals surface area (Å²) in [7, 11) is 3.64. The lowest BCUT2D eigenvalue weighted by Crippen LogP contribution is -2.44. The first-order valence-corrected chi connectivity index (χ1v) is 8.78. The van der Waals surface area contributed by atoms with Crippen LogP contribution in [0.4, 0.5) is 5.95 Å². The van der Waals surface area contributed by atoms with Gasteiger partial charge in [-0.05, 0) is 12.8 Å². The van der Waals surface area contributed by atoms with Gasteiger partial charge in [-0.1, -0.05) is 0 Å². The number of carbonyl (C=O) groups is 1. The smallest absolute Gasteiger partial charge is 0.236 e. The normalized spacial score (nSPS) is 26.3. The first kappa shape index (κ1) is 15.8. The molecule has 1 amide bonds. The number of morpholine rings is 1. The second kappa shape index (κ2) is 6.29. The van der Waals surface area contributed by atoms with E-state index >= 15 is 0 Å². The van der Waals surface area contributed by atoms with Crippen LogP contribution in [-0.2, 0) is 16.0 Å². The Morgan fingerprint density at radius 3 is 2.88 bits per heavy atom. The minimum atomic E-state index is 0.168. The molecule has 7 nitrogen and oxygen atoms in total. The third kappa shape index (κ3) is 2.75. The molecule has 4 heterocycles. The summed E-state index contributed by atoms with van der Waals surface area (Å²) < 4.78 is 5.41. The zero-order valence-electron chi connectivity index (χ0n) is 14.4. The van der Waals surface area contributed by atoms with Crippen LogP contribution in [-0.4, -0.2) is 78.7 Å². The van der Waals surface area contributed by atoms with E-state index in [1.807, 2.05) is 20.3 Å². The summed E-state index contributed by atoms with van der Waals surface area (Å²) in [4.78, 5) is 27.8. The largest absolute Gasteiger partial charge is 0.378 e. The lowest BCUT2D eigenvalue weighted by atomic mass is 9.99. The van der Waals surface area contributed by atoms with Crippen LogP contribution in [0.15, 0.2) is 6.20 Å². The second-order valence-electron chi connectivity index (χ2n) is 7.08. The van der Waals surface area contributed by atoms with Crippen molar-refractivity contribution in [2.75, 3.05) is 51.8 Å². The van der Waals surface area contributed by atoms with Gasteiger partial charge in [0.25, 0.3) is 0 Å². The number of amides is 1. The molecular formula is C17H25N5O2. The van der Waals surface area contributed by atoms with Crippen LogP contribution in [0.5, 0.6) is 0 Å². The van der Waals surface area contributed by atoms with Crippen molar-refractivity contribution in [3.05, 3.63) is 17.5 Å². The summed E-state index contributed by atoms with van der Waals surface area (Å²) in [6, 6.07) is 0.722. The van der Waals surface area contributed by atoms with Crippen LogP contribution in [0.3, 0.4) is 0 Å². The molecule has 7 heteroatoms. The first-order valence-electron chi connectivity index (χ1n) is 8.78. The predicted octanol–water partition coefficient (Wildman–Crippen LogP) is 0.463. The van der Waals surface area contributed by atoms with Gasteiger partial charge < -0.3 is 14.5 Å². The molecule has 2 atom stereocenters. The van der Waals surface area contributed by atoms with Crippen molar-refractivity contribution < 1.29 is 9.53 Å². The Labute approximate surface area is 142 Å². The summed E-state index contributed by atoms with van der Waals surface area (Å²) in [5.74, 6) is 0.996. The first-order chi connectivity index (χ1) is 11.6. The Bertz CT molecular complexity index is 629. The zero-order chi connectivity index (χ0) is 16.7. The molecule has 130 valence electrons. The lowest BCUT2D eigenvalue weighted by molar-refractivity contribution is -0.130. The van der Waals surface area contributed by atoms with Crippen LogP contribution in [0.2, 0.25) is 0 Å². The molecule has 0 N–H and O–H groups in total. The molecule has 3 aliphatic rings. The average molecular weight is 331 g/mol. The number of rotatable bonds is 3. The van der Waals surface area contributed by atoms with E-state index in [0.717, 1.165) is 51.5 Å². The van der Waals surface area contributed by atoms with Crippen LogP contribution in [0, 0.1) is 0 Å². The van der Waals surface area contributed by atoms with Crippen molar-refractivity contribution in [2.45, 2.75) is 31.3 Å². The van der Waals surface area contributed by atoms with Gasteiger partial charge in [0.05, 0.1) is 25.5 Å². The summed E-state index contributed by atoms with van der Waals surface area (Å²) in [6.45, 7) is 3.69. The van der Waals surface area contributed by atoms with Gasteiger partial charge in [-0.3, -0.25) is 9.69 Å². The molecule has 0 unspecified atom stereocenters. The number of hydrogen-bond acceptors (Lipinski definition) is 6. The zero-order valence-corrected chi connectivity index (χ0v) is 14.4. The molecule has 0 radical (unpaired) electrons. The van der Waals surface area contributed by atoms with E-state index in [1.165, 1.54) is 11.3 Å². The van der Waals surface area contributed by atoms with Gasteiger partial charge in [-0.25, -0.2) is 9.97 Å². The highest BCUT2D eigenvalue weighted by Gasteiger charge is 2.41. The second-order valence-corrected chi connectivity index (χ2v) is 7.08. The van der Waals surface area contributed by atoms with Gasteiger partial charge in [0.15, 0.2) is 0 Å². The number of nitrogens with zero attached hydrogens (tertiary/aromatic N) is 5. The molecule has 4 rings (SSSR count). The highest BCUT2D eigenvalue weighted by molar-refractivity contribution is 5.77. The topological polar surface area (TPSA) is 61.8 Å². The molecule has 0 spiro atoms. The van der Waals surface area contributed by atoms with Crippen LogP contribution >= 0.6 is 0 Å². The molecule has 0 saturated carbocycles. The summed E-state index contributed by atoms with van der Waals surface area (Å²) >= 11 is 0. The Balaban J connectivity index is 1.56. The Morgan fingerprint density at radius 2 is 2.12 bits per heavy atom. The molecule has 0 aromatic carbocycles. The monoisotopic (exact) mass is 331 g/mol. The fraction of sp³-hybridized carbons (Fsp3) is 0.706.